The van der Waals surface area contributed by atoms with Gasteiger partial charge in [0.15, 0.2) is 0 Å². The number of rotatable bonds is 9. The summed E-state index contributed by atoms with van der Waals surface area (Å²) in [5, 5.41) is 30.4. The molecule has 0 spiro atoms. The lowest BCUT2D eigenvalue weighted by Gasteiger charge is -2.30. The van der Waals surface area contributed by atoms with E-state index in [0.29, 0.717) is 32.1 Å². The van der Waals surface area contributed by atoms with Crippen molar-refractivity contribution < 1.29 is 24.9 Å². The zero-order chi connectivity index (χ0) is 21.8. The Labute approximate surface area is 179 Å². The number of hydrogen-bond donors (Lipinski definition) is 3. The molecule has 1 aromatic rings. The Hall–Kier alpha value is -2.03. The second kappa shape index (κ2) is 9.85. The first-order valence-corrected chi connectivity index (χ1v) is 11.1. The maximum absolute atomic E-state index is 10.8. The van der Waals surface area contributed by atoms with Crippen LogP contribution >= 0.6 is 0 Å². The van der Waals surface area contributed by atoms with Gasteiger partial charge in [0.2, 0.25) is 0 Å². The van der Waals surface area contributed by atoms with Crippen LogP contribution in [0.15, 0.2) is 18.2 Å². The van der Waals surface area contributed by atoms with E-state index in [2.05, 4.69) is 24.8 Å². The molecule has 0 saturated heterocycles. The first kappa shape index (κ1) is 22.7. The molecule has 7 atom stereocenters. The van der Waals surface area contributed by atoms with Gasteiger partial charge in [0.25, 0.3) is 0 Å². The number of carbonyl (C=O) groups is 1. The minimum absolute atomic E-state index is 0.0321. The molecule has 1 aliphatic carbocycles. The number of carboxylic acid groups (broad SMARTS) is 1. The molecule has 2 aliphatic rings. The van der Waals surface area contributed by atoms with Gasteiger partial charge in [0.05, 0.1) is 12.2 Å². The number of aliphatic hydroxyl groups excluding tert-OH is 2. The van der Waals surface area contributed by atoms with Crippen molar-refractivity contribution in [3.8, 4) is 17.6 Å². The summed E-state index contributed by atoms with van der Waals surface area (Å²) < 4.78 is 6.29. The van der Waals surface area contributed by atoms with Crippen LogP contribution in [-0.2, 0) is 11.2 Å². The summed E-state index contributed by atoms with van der Waals surface area (Å²) in [6.45, 7) is 5.95. The van der Waals surface area contributed by atoms with Crippen LogP contribution < -0.4 is 4.74 Å². The molecular weight excluding hydrogens is 380 g/mol. The van der Waals surface area contributed by atoms with E-state index in [1.807, 2.05) is 26.0 Å². The highest BCUT2D eigenvalue weighted by Crippen LogP contribution is 2.54. The van der Waals surface area contributed by atoms with Gasteiger partial charge in [0.1, 0.15) is 11.9 Å². The third-order valence-corrected chi connectivity index (χ3v) is 6.85. The molecule has 164 valence electrons. The molecule has 1 saturated carbocycles. The number of carboxylic acids is 1. The van der Waals surface area contributed by atoms with Crippen molar-refractivity contribution in [2.75, 3.05) is 0 Å². The molecule has 30 heavy (non-hydrogen) atoms. The standard InChI is InChI=1S/C25H34O5/c1-4-5-8-15(2)19(26)13-16(3)23-20(27)14-21-24(23)18-11-6-9-17(25(18)30-21)10-7-12-22(28)29/h6,9,11,15-16,19-21,23-24,26-27H,7-8,10,12-14H2,1-3H3,(H,28,29)/t15-,16?,19+,20+,21-,23-,24-/m0/s1. The number of aliphatic carboxylic acids is 1. The third-order valence-electron chi connectivity index (χ3n) is 6.85. The van der Waals surface area contributed by atoms with Crippen LogP contribution in [0.2, 0.25) is 0 Å². The molecular formula is C25H34O5. The normalized spacial score (nSPS) is 27.2. The number of para-hydroxylation sites is 1. The smallest absolute Gasteiger partial charge is 0.303 e. The fourth-order valence-electron chi connectivity index (χ4n) is 5.25. The Morgan fingerprint density at radius 1 is 1.33 bits per heavy atom. The summed E-state index contributed by atoms with van der Waals surface area (Å²) in [6, 6.07) is 6.10. The summed E-state index contributed by atoms with van der Waals surface area (Å²) in [7, 11) is 0. The lowest BCUT2D eigenvalue weighted by molar-refractivity contribution is -0.137. The molecule has 1 aromatic carbocycles. The van der Waals surface area contributed by atoms with Crippen LogP contribution in [0.4, 0.5) is 0 Å². The summed E-state index contributed by atoms with van der Waals surface area (Å²) in [5.41, 5.74) is 2.18. The first-order valence-electron chi connectivity index (χ1n) is 11.1. The van der Waals surface area contributed by atoms with Crippen LogP contribution in [0, 0.1) is 29.6 Å². The summed E-state index contributed by atoms with van der Waals surface area (Å²) in [6.07, 6.45) is 2.35. The van der Waals surface area contributed by atoms with E-state index in [1.54, 1.807) is 0 Å². The SMILES string of the molecule is CC#CC[C@H](C)[C@H](O)CC(C)[C@@H]1[C@H]2c3cccc(CCCC(=O)O)c3O[C@H]2C[C@H]1O. The second-order valence-corrected chi connectivity index (χ2v) is 9.03. The average Bonchev–Trinajstić information content (AvgIpc) is 3.20. The highest BCUT2D eigenvalue weighted by molar-refractivity contribution is 5.66. The van der Waals surface area contributed by atoms with Crippen molar-refractivity contribution >= 4 is 5.97 Å². The molecule has 1 unspecified atom stereocenters. The van der Waals surface area contributed by atoms with E-state index in [1.165, 1.54) is 0 Å². The predicted octanol–water partition coefficient (Wildman–Crippen LogP) is 3.76. The second-order valence-electron chi connectivity index (χ2n) is 9.03. The van der Waals surface area contributed by atoms with E-state index in [-0.39, 0.29) is 36.2 Å². The lowest BCUT2D eigenvalue weighted by Crippen LogP contribution is -2.30. The number of fused-ring (bicyclic) bond motifs is 3. The highest BCUT2D eigenvalue weighted by atomic mass is 16.5. The summed E-state index contributed by atoms with van der Waals surface area (Å²) in [5.74, 6) is 6.42. The van der Waals surface area contributed by atoms with Gasteiger partial charge in [-0.3, -0.25) is 4.79 Å². The van der Waals surface area contributed by atoms with Gasteiger partial charge in [0, 0.05) is 30.7 Å². The van der Waals surface area contributed by atoms with Crippen molar-refractivity contribution in [3.63, 3.8) is 0 Å². The van der Waals surface area contributed by atoms with E-state index < -0.39 is 18.2 Å². The van der Waals surface area contributed by atoms with E-state index >= 15 is 0 Å². The molecule has 0 amide bonds. The van der Waals surface area contributed by atoms with Gasteiger partial charge in [-0.2, -0.15) is 0 Å². The van der Waals surface area contributed by atoms with Crippen LogP contribution in [0.25, 0.3) is 0 Å². The maximum atomic E-state index is 10.8. The minimum atomic E-state index is -0.782. The predicted molar refractivity (Wildman–Crippen MR) is 115 cm³/mol. The fourth-order valence-corrected chi connectivity index (χ4v) is 5.25. The largest absolute Gasteiger partial charge is 0.489 e. The molecule has 0 radical (unpaired) electrons. The van der Waals surface area contributed by atoms with Gasteiger partial charge >= 0.3 is 5.97 Å². The van der Waals surface area contributed by atoms with Gasteiger partial charge < -0.3 is 20.1 Å². The number of ether oxygens (including phenoxy) is 1. The van der Waals surface area contributed by atoms with Crippen molar-refractivity contribution in [2.45, 2.75) is 83.5 Å². The monoisotopic (exact) mass is 414 g/mol. The zero-order valence-electron chi connectivity index (χ0n) is 18.2. The van der Waals surface area contributed by atoms with E-state index in [0.717, 1.165) is 16.9 Å². The van der Waals surface area contributed by atoms with Crippen molar-refractivity contribution in [2.24, 2.45) is 17.8 Å². The van der Waals surface area contributed by atoms with Crippen LogP contribution in [0.5, 0.6) is 5.75 Å². The maximum Gasteiger partial charge on any atom is 0.303 e. The highest BCUT2D eigenvalue weighted by Gasteiger charge is 2.51. The molecule has 1 heterocycles. The average molecular weight is 415 g/mol. The van der Waals surface area contributed by atoms with Gasteiger partial charge in [-0.1, -0.05) is 32.0 Å². The summed E-state index contributed by atoms with van der Waals surface area (Å²) >= 11 is 0. The lowest BCUT2D eigenvalue weighted by atomic mass is 9.76. The minimum Gasteiger partial charge on any atom is -0.489 e. The fraction of sp³-hybridized carbons (Fsp3) is 0.640. The molecule has 1 fully saturated rings. The van der Waals surface area contributed by atoms with Gasteiger partial charge in [-0.05, 0) is 49.5 Å². The van der Waals surface area contributed by atoms with Crippen LogP contribution in [0.1, 0.15) is 69.9 Å². The molecule has 0 bridgehead atoms. The Balaban J connectivity index is 1.74. The molecule has 1 aliphatic heterocycles. The number of benzene rings is 1. The Bertz CT molecular complexity index is 807. The number of aryl methyl sites for hydroxylation is 1. The van der Waals surface area contributed by atoms with Crippen molar-refractivity contribution in [1.82, 2.24) is 0 Å². The molecule has 3 N–H and O–H groups in total. The molecule has 5 nitrogen and oxygen atoms in total. The summed E-state index contributed by atoms with van der Waals surface area (Å²) in [4.78, 5) is 10.8. The molecule has 0 aromatic heterocycles. The van der Waals surface area contributed by atoms with E-state index in [9.17, 15) is 15.0 Å². The molecule has 5 heteroatoms. The molecule has 3 rings (SSSR count). The topological polar surface area (TPSA) is 87.0 Å². The number of hydrogen-bond acceptors (Lipinski definition) is 4. The third kappa shape index (κ3) is 4.82. The van der Waals surface area contributed by atoms with E-state index in [4.69, 9.17) is 9.84 Å². The quantitative estimate of drug-likeness (QED) is 0.536. The van der Waals surface area contributed by atoms with Crippen LogP contribution in [0.3, 0.4) is 0 Å². The zero-order valence-corrected chi connectivity index (χ0v) is 18.2. The Morgan fingerprint density at radius 2 is 2.10 bits per heavy atom. The first-order chi connectivity index (χ1) is 14.3. The Morgan fingerprint density at radius 3 is 2.80 bits per heavy atom. The Kier molecular flexibility index (Phi) is 7.44. The van der Waals surface area contributed by atoms with Crippen molar-refractivity contribution in [3.05, 3.63) is 29.3 Å². The van der Waals surface area contributed by atoms with Gasteiger partial charge in [-0.25, -0.2) is 0 Å². The van der Waals surface area contributed by atoms with Crippen molar-refractivity contribution in [1.29, 1.82) is 0 Å². The van der Waals surface area contributed by atoms with Crippen LogP contribution in [-0.4, -0.2) is 39.6 Å². The number of aliphatic hydroxyl groups is 2. The van der Waals surface area contributed by atoms with Gasteiger partial charge in [-0.15, -0.1) is 11.8 Å².